The number of nitrogens with one attached hydrogen (secondary N) is 1. The number of carbonyl (C=O) groups excluding carboxylic acids is 1. The number of carbonyl (C=O) groups is 1. The standard InChI is InChI=1S/C20H22N4OS/c25-19(21-11-10-15-6-2-1-3-7-15)12-24-18-9-5-4-8-16(18)23-20(24)17-13-26-14-22-17/h4-6,8-9,13-14H,1-3,7,10-12H2,(H,21,25). The Balaban J connectivity index is 1.48. The summed E-state index contributed by atoms with van der Waals surface area (Å²) >= 11 is 1.53. The highest BCUT2D eigenvalue weighted by Gasteiger charge is 2.16. The lowest BCUT2D eigenvalue weighted by Gasteiger charge is -2.13. The van der Waals surface area contributed by atoms with Gasteiger partial charge >= 0.3 is 0 Å². The number of hydrogen-bond acceptors (Lipinski definition) is 4. The maximum absolute atomic E-state index is 12.5. The van der Waals surface area contributed by atoms with Crippen LogP contribution in [0.5, 0.6) is 0 Å². The van der Waals surface area contributed by atoms with Crippen LogP contribution in [-0.4, -0.2) is 27.0 Å². The summed E-state index contributed by atoms with van der Waals surface area (Å²) < 4.78 is 1.96. The third kappa shape index (κ3) is 3.70. The van der Waals surface area contributed by atoms with E-state index in [1.165, 1.54) is 42.6 Å². The van der Waals surface area contributed by atoms with Gasteiger partial charge in [-0.05, 0) is 44.2 Å². The smallest absolute Gasteiger partial charge is 0.240 e. The fraction of sp³-hybridized carbons (Fsp3) is 0.350. The van der Waals surface area contributed by atoms with Gasteiger partial charge in [0.25, 0.3) is 0 Å². The van der Waals surface area contributed by atoms with Gasteiger partial charge in [-0.15, -0.1) is 11.3 Å². The summed E-state index contributed by atoms with van der Waals surface area (Å²) in [5.74, 6) is 0.763. The van der Waals surface area contributed by atoms with E-state index < -0.39 is 0 Å². The molecule has 0 saturated carbocycles. The van der Waals surface area contributed by atoms with Crippen LogP contribution in [0.3, 0.4) is 0 Å². The van der Waals surface area contributed by atoms with Gasteiger partial charge in [0.1, 0.15) is 12.2 Å². The minimum Gasteiger partial charge on any atom is -0.354 e. The molecule has 0 radical (unpaired) electrons. The first-order valence-electron chi connectivity index (χ1n) is 9.10. The minimum absolute atomic E-state index is 0.0149. The van der Waals surface area contributed by atoms with E-state index in [1.54, 1.807) is 5.51 Å². The number of benzene rings is 1. The molecule has 2 aromatic heterocycles. The van der Waals surface area contributed by atoms with Crippen molar-refractivity contribution in [3.63, 3.8) is 0 Å². The SMILES string of the molecule is O=C(Cn1c(-c2cscn2)nc2ccccc21)NCCC1=CCCCC1. The van der Waals surface area contributed by atoms with Crippen molar-refractivity contribution in [2.75, 3.05) is 6.54 Å². The molecule has 0 fully saturated rings. The summed E-state index contributed by atoms with van der Waals surface area (Å²) in [5, 5.41) is 5.02. The van der Waals surface area contributed by atoms with E-state index in [1.807, 2.05) is 34.2 Å². The molecule has 134 valence electrons. The Morgan fingerprint density at radius 3 is 3.00 bits per heavy atom. The van der Waals surface area contributed by atoms with Crippen LogP contribution < -0.4 is 5.32 Å². The van der Waals surface area contributed by atoms with Crippen molar-refractivity contribution in [1.82, 2.24) is 19.9 Å². The predicted molar refractivity (Wildman–Crippen MR) is 105 cm³/mol. The van der Waals surface area contributed by atoms with Gasteiger partial charge in [0.05, 0.1) is 16.5 Å². The molecule has 1 amide bonds. The van der Waals surface area contributed by atoms with Gasteiger partial charge in [-0.25, -0.2) is 9.97 Å². The number of rotatable bonds is 6. The molecule has 6 heteroatoms. The van der Waals surface area contributed by atoms with Crippen molar-refractivity contribution in [3.05, 3.63) is 46.8 Å². The lowest BCUT2D eigenvalue weighted by molar-refractivity contribution is -0.121. The summed E-state index contributed by atoms with van der Waals surface area (Å²) in [7, 11) is 0. The molecule has 0 bridgehead atoms. The maximum Gasteiger partial charge on any atom is 0.240 e. The third-order valence-electron chi connectivity index (χ3n) is 4.77. The second kappa shape index (κ2) is 7.83. The number of thiazole rings is 1. The third-order valence-corrected chi connectivity index (χ3v) is 5.36. The van der Waals surface area contributed by atoms with E-state index in [-0.39, 0.29) is 12.5 Å². The zero-order valence-corrected chi connectivity index (χ0v) is 15.5. The number of para-hydroxylation sites is 2. The largest absolute Gasteiger partial charge is 0.354 e. The van der Waals surface area contributed by atoms with Crippen LogP contribution in [0.2, 0.25) is 0 Å². The number of allylic oxidation sites excluding steroid dienone is 1. The second-order valence-corrected chi connectivity index (χ2v) is 7.31. The first-order valence-corrected chi connectivity index (χ1v) is 10.0. The predicted octanol–water partition coefficient (Wildman–Crippen LogP) is 4.17. The Hall–Kier alpha value is -2.47. The van der Waals surface area contributed by atoms with Crippen molar-refractivity contribution < 1.29 is 4.79 Å². The van der Waals surface area contributed by atoms with Crippen molar-refractivity contribution in [2.24, 2.45) is 0 Å². The molecule has 4 rings (SSSR count). The number of amides is 1. The van der Waals surface area contributed by atoms with E-state index >= 15 is 0 Å². The van der Waals surface area contributed by atoms with Gasteiger partial charge in [0.15, 0.2) is 5.82 Å². The van der Waals surface area contributed by atoms with Crippen molar-refractivity contribution in [1.29, 1.82) is 0 Å². The quantitative estimate of drug-likeness (QED) is 0.666. The van der Waals surface area contributed by atoms with Gasteiger partial charge in [0.2, 0.25) is 5.91 Å². The van der Waals surface area contributed by atoms with E-state index in [0.29, 0.717) is 6.54 Å². The topological polar surface area (TPSA) is 59.8 Å². The van der Waals surface area contributed by atoms with Crippen LogP contribution in [0.1, 0.15) is 32.1 Å². The molecule has 1 aliphatic carbocycles. The summed E-state index contributed by atoms with van der Waals surface area (Å²) in [6, 6.07) is 7.90. The summed E-state index contributed by atoms with van der Waals surface area (Å²) in [5.41, 5.74) is 5.92. The van der Waals surface area contributed by atoms with E-state index in [0.717, 1.165) is 29.0 Å². The molecule has 3 aromatic rings. The first-order chi connectivity index (χ1) is 12.8. The normalized spacial score (nSPS) is 14.4. The fourth-order valence-electron chi connectivity index (χ4n) is 3.45. The second-order valence-electron chi connectivity index (χ2n) is 6.59. The number of imidazole rings is 1. The molecule has 5 nitrogen and oxygen atoms in total. The van der Waals surface area contributed by atoms with Crippen LogP contribution in [-0.2, 0) is 11.3 Å². The molecule has 0 unspecified atom stereocenters. The maximum atomic E-state index is 12.5. The summed E-state index contributed by atoms with van der Waals surface area (Å²) in [6.45, 7) is 0.954. The molecular formula is C20H22N4OS. The van der Waals surface area contributed by atoms with Crippen LogP contribution in [0.25, 0.3) is 22.6 Å². The molecule has 0 spiro atoms. The van der Waals surface area contributed by atoms with Gasteiger partial charge < -0.3 is 9.88 Å². The molecule has 0 atom stereocenters. The van der Waals surface area contributed by atoms with E-state index in [4.69, 9.17) is 0 Å². The summed E-state index contributed by atoms with van der Waals surface area (Å²) in [6.07, 6.45) is 8.22. The molecule has 0 aliphatic heterocycles. The molecule has 1 aliphatic rings. The van der Waals surface area contributed by atoms with Gasteiger partial charge in [-0.3, -0.25) is 4.79 Å². The lowest BCUT2D eigenvalue weighted by atomic mass is 9.97. The average Bonchev–Trinajstić information content (AvgIpc) is 3.31. The van der Waals surface area contributed by atoms with Crippen LogP contribution >= 0.6 is 11.3 Å². The fourth-order valence-corrected chi connectivity index (χ4v) is 3.98. The minimum atomic E-state index is 0.0149. The molecule has 26 heavy (non-hydrogen) atoms. The Morgan fingerprint density at radius 2 is 2.19 bits per heavy atom. The van der Waals surface area contributed by atoms with Crippen LogP contribution in [0.4, 0.5) is 0 Å². The molecule has 0 saturated heterocycles. The lowest BCUT2D eigenvalue weighted by Crippen LogP contribution is -2.29. The van der Waals surface area contributed by atoms with Crippen LogP contribution in [0.15, 0.2) is 46.8 Å². The monoisotopic (exact) mass is 366 g/mol. The average molecular weight is 366 g/mol. The van der Waals surface area contributed by atoms with Gasteiger partial charge in [0, 0.05) is 11.9 Å². The highest BCUT2D eigenvalue weighted by Crippen LogP contribution is 2.24. The highest BCUT2D eigenvalue weighted by molar-refractivity contribution is 7.07. The number of nitrogens with zero attached hydrogens (tertiary/aromatic N) is 3. The van der Waals surface area contributed by atoms with Crippen molar-refractivity contribution in [2.45, 2.75) is 38.6 Å². The zero-order chi connectivity index (χ0) is 17.8. The zero-order valence-electron chi connectivity index (χ0n) is 14.6. The van der Waals surface area contributed by atoms with Crippen molar-refractivity contribution >= 4 is 28.3 Å². The Kier molecular flexibility index (Phi) is 5.11. The molecule has 1 aromatic carbocycles. The summed E-state index contributed by atoms with van der Waals surface area (Å²) in [4.78, 5) is 21.6. The van der Waals surface area contributed by atoms with Gasteiger partial charge in [-0.1, -0.05) is 23.8 Å². The van der Waals surface area contributed by atoms with Crippen LogP contribution in [0, 0.1) is 0 Å². The number of fused-ring (bicyclic) bond motifs is 1. The molecule has 1 N–H and O–H groups in total. The Morgan fingerprint density at radius 1 is 1.27 bits per heavy atom. The Labute approximate surface area is 156 Å². The van der Waals surface area contributed by atoms with Gasteiger partial charge in [-0.2, -0.15) is 0 Å². The molecule has 2 heterocycles. The van der Waals surface area contributed by atoms with E-state index in [9.17, 15) is 4.79 Å². The van der Waals surface area contributed by atoms with E-state index in [2.05, 4.69) is 21.4 Å². The van der Waals surface area contributed by atoms with Crippen molar-refractivity contribution in [3.8, 4) is 11.5 Å². The molecular weight excluding hydrogens is 344 g/mol. The highest BCUT2D eigenvalue weighted by atomic mass is 32.1. The number of hydrogen-bond donors (Lipinski definition) is 1. The number of aromatic nitrogens is 3. The Bertz CT molecular complexity index is 927. The first kappa shape index (κ1) is 17.0.